The van der Waals surface area contributed by atoms with Crippen LogP contribution in [0, 0.1) is 12.8 Å². The van der Waals surface area contributed by atoms with Crippen molar-refractivity contribution in [1.82, 2.24) is 4.90 Å². The molecule has 1 heterocycles. The molecule has 0 bridgehead atoms. The summed E-state index contributed by atoms with van der Waals surface area (Å²) in [5, 5.41) is 9.57. The lowest BCUT2D eigenvalue weighted by atomic mass is 10.0. The van der Waals surface area contributed by atoms with Crippen LogP contribution in [0.1, 0.15) is 30.5 Å². The minimum Gasteiger partial charge on any atom is -0.393 e. The number of amides is 1. The van der Waals surface area contributed by atoms with E-state index in [4.69, 9.17) is 5.73 Å². The van der Waals surface area contributed by atoms with Crippen molar-refractivity contribution in [2.24, 2.45) is 11.7 Å². The molecule has 104 valence electrons. The van der Waals surface area contributed by atoms with Gasteiger partial charge in [-0.25, -0.2) is 0 Å². The van der Waals surface area contributed by atoms with Crippen molar-refractivity contribution in [1.29, 1.82) is 0 Å². The zero-order valence-corrected chi connectivity index (χ0v) is 11.5. The number of hydrogen-bond acceptors (Lipinski definition) is 3. The van der Waals surface area contributed by atoms with Gasteiger partial charge in [-0.15, -0.1) is 0 Å². The zero-order chi connectivity index (χ0) is 14.0. The molecule has 4 nitrogen and oxygen atoms in total. The Balaban J connectivity index is 2.02. The summed E-state index contributed by atoms with van der Waals surface area (Å²) in [4.78, 5) is 14.1. The summed E-state index contributed by atoms with van der Waals surface area (Å²) < 4.78 is 0. The SMILES string of the molecule is Cc1ccc(C(N)C(=O)N2CCC(C(C)O)C2)cc1. The number of carbonyl (C=O) groups is 1. The molecule has 3 N–H and O–H groups in total. The van der Waals surface area contributed by atoms with Gasteiger partial charge in [-0.3, -0.25) is 4.79 Å². The maximum Gasteiger partial charge on any atom is 0.244 e. The van der Waals surface area contributed by atoms with Crippen LogP contribution in [0.4, 0.5) is 0 Å². The third-order valence-electron chi connectivity index (χ3n) is 3.92. The fourth-order valence-corrected chi connectivity index (χ4v) is 2.49. The number of nitrogens with two attached hydrogens (primary N) is 1. The largest absolute Gasteiger partial charge is 0.393 e. The van der Waals surface area contributed by atoms with Crippen molar-refractivity contribution in [3.8, 4) is 0 Å². The molecule has 4 heteroatoms. The quantitative estimate of drug-likeness (QED) is 0.861. The van der Waals surface area contributed by atoms with E-state index in [9.17, 15) is 9.90 Å². The molecule has 1 fully saturated rings. The van der Waals surface area contributed by atoms with Gasteiger partial charge in [0.05, 0.1) is 6.10 Å². The van der Waals surface area contributed by atoms with E-state index in [2.05, 4.69) is 0 Å². The van der Waals surface area contributed by atoms with Gasteiger partial charge in [0, 0.05) is 19.0 Å². The number of aliphatic hydroxyl groups is 1. The van der Waals surface area contributed by atoms with Crippen LogP contribution in [0.15, 0.2) is 24.3 Å². The second kappa shape index (κ2) is 5.72. The first-order chi connectivity index (χ1) is 8.99. The molecule has 3 atom stereocenters. The summed E-state index contributed by atoms with van der Waals surface area (Å²) >= 11 is 0. The van der Waals surface area contributed by atoms with E-state index >= 15 is 0 Å². The highest BCUT2D eigenvalue weighted by molar-refractivity contribution is 5.83. The van der Waals surface area contributed by atoms with Crippen molar-refractivity contribution in [2.45, 2.75) is 32.4 Å². The Kier molecular flexibility index (Phi) is 4.22. The third kappa shape index (κ3) is 3.14. The lowest BCUT2D eigenvalue weighted by molar-refractivity contribution is -0.131. The van der Waals surface area contributed by atoms with Crippen molar-refractivity contribution in [3.05, 3.63) is 35.4 Å². The van der Waals surface area contributed by atoms with Crippen molar-refractivity contribution in [2.75, 3.05) is 13.1 Å². The first kappa shape index (κ1) is 14.0. The Morgan fingerprint density at radius 3 is 2.58 bits per heavy atom. The number of aryl methyl sites for hydroxylation is 1. The average molecular weight is 262 g/mol. The van der Waals surface area contributed by atoms with Crippen molar-refractivity contribution >= 4 is 5.91 Å². The molecular formula is C15H22N2O2. The van der Waals surface area contributed by atoms with E-state index in [-0.39, 0.29) is 17.9 Å². The fourth-order valence-electron chi connectivity index (χ4n) is 2.49. The monoisotopic (exact) mass is 262 g/mol. The Bertz CT molecular complexity index is 442. The minimum absolute atomic E-state index is 0.0491. The molecule has 0 aliphatic carbocycles. The molecule has 0 radical (unpaired) electrons. The number of rotatable bonds is 3. The molecule has 1 saturated heterocycles. The van der Waals surface area contributed by atoms with Gasteiger partial charge < -0.3 is 15.7 Å². The average Bonchev–Trinajstić information content (AvgIpc) is 2.87. The molecular weight excluding hydrogens is 240 g/mol. The van der Waals surface area contributed by atoms with E-state index in [0.717, 1.165) is 17.5 Å². The third-order valence-corrected chi connectivity index (χ3v) is 3.92. The van der Waals surface area contributed by atoms with Crippen LogP contribution in [0.2, 0.25) is 0 Å². The maximum atomic E-state index is 12.3. The minimum atomic E-state index is -0.603. The van der Waals surface area contributed by atoms with Crippen LogP contribution in [0.3, 0.4) is 0 Å². The Labute approximate surface area is 114 Å². The molecule has 0 saturated carbocycles. The predicted molar refractivity (Wildman–Crippen MR) is 74.5 cm³/mol. The van der Waals surface area contributed by atoms with Crippen molar-refractivity contribution in [3.63, 3.8) is 0 Å². The lowest BCUT2D eigenvalue weighted by Crippen LogP contribution is -2.37. The number of aliphatic hydroxyl groups excluding tert-OH is 1. The zero-order valence-electron chi connectivity index (χ0n) is 11.5. The molecule has 19 heavy (non-hydrogen) atoms. The van der Waals surface area contributed by atoms with Gasteiger partial charge >= 0.3 is 0 Å². The van der Waals surface area contributed by atoms with Crippen LogP contribution < -0.4 is 5.73 Å². The number of benzene rings is 1. The summed E-state index contributed by atoms with van der Waals surface area (Å²) in [5.41, 5.74) is 8.03. The van der Waals surface area contributed by atoms with E-state index in [1.54, 1.807) is 11.8 Å². The molecule has 0 aromatic heterocycles. The Morgan fingerprint density at radius 2 is 2.05 bits per heavy atom. The van der Waals surface area contributed by atoms with E-state index in [1.165, 1.54) is 0 Å². The highest BCUT2D eigenvalue weighted by atomic mass is 16.3. The topological polar surface area (TPSA) is 66.6 Å². The first-order valence-electron chi connectivity index (χ1n) is 6.78. The number of nitrogens with zero attached hydrogens (tertiary/aromatic N) is 1. The highest BCUT2D eigenvalue weighted by Gasteiger charge is 2.31. The second-order valence-electron chi connectivity index (χ2n) is 5.46. The number of hydrogen-bond donors (Lipinski definition) is 2. The molecule has 1 amide bonds. The van der Waals surface area contributed by atoms with Gasteiger partial charge in [-0.05, 0) is 25.8 Å². The normalized spacial score (nSPS) is 22.3. The number of likely N-dealkylation sites (tertiary alicyclic amines) is 1. The standard InChI is InChI=1S/C15H22N2O2/c1-10-3-5-12(6-4-10)14(16)15(19)17-8-7-13(9-17)11(2)18/h3-6,11,13-14,18H,7-9,16H2,1-2H3. The number of carbonyl (C=O) groups excluding carboxylic acids is 1. The van der Waals surface area contributed by atoms with Gasteiger partial charge in [-0.2, -0.15) is 0 Å². The molecule has 0 spiro atoms. The van der Waals surface area contributed by atoms with Crippen LogP contribution >= 0.6 is 0 Å². The summed E-state index contributed by atoms with van der Waals surface area (Å²) in [7, 11) is 0. The van der Waals surface area contributed by atoms with Gasteiger partial charge in [0.25, 0.3) is 0 Å². The van der Waals surface area contributed by atoms with Gasteiger partial charge in [0.15, 0.2) is 0 Å². The lowest BCUT2D eigenvalue weighted by Gasteiger charge is -2.22. The highest BCUT2D eigenvalue weighted by Crippen LogP contribution is 2.23. The van der Waals surface area contributed by atoms with Gasteiger partial charge in [-0.1, -0.05) is 29.8 Å². The fraction of sp³-hybridized carbons (Fsp3) is 0.533. The van der Waals surface area contributed by atoms with Gasteiger partial charge in [0.2, 0.25) is 5.91 Å². The van der Waals surface area contributed by atoms with Crippen LogP contribution in [0.5, 0.6) is 0 Å². The van der Waals surface area contributed by atoms with Gasteiger partial charge in [0.1, 0.15) is 6.04 Å². The van der Waals surface area contributed by atoms with Crippen LogP contribution in [0.25, 0.3) is 0 Å². The second-order valence-corrected chi connectivity index (χ2v) is 5.46. The molecule has 1 aliphatic rings. The van der Waals surface area contributed by atoms with E-state index in [1.807, 2.05) is 31.2 Å². The van der Waals surface area contributed by atoms with Crippen LogP contribution in [-0.4, -0.2) is 35.1 Å². The summed E-state index contributed by atoms with van der Waals surface area (Å²) in [6, 6.07) is 7.13. The Morgan fingerprint density at radius 1 is 1.42 bits per heavy atom. The smallest absolute Gasteiger partial charge is 0.244 e. The van der Waals surface area contributed by atoms with Crippen molar-refractivity contribution < 1.29 is 9.90 Å². The first-order valence-corrected chi connectivity index (χ1v) is 6.78. The molecule has 3 unspecified atom stereocenters. The molecule has 1 aromatic carbocycles. The molecule has 1 aromatic rings. The molecule has 2 rings (SSSR count). The maximum absolute atomic E-state index is 12.3. The summed E-state index contributed by atoms with van der Waals surface area (Å²) in [5.74, 6) is 0.126. The van der Waals surface area contributed by atoms with Crippen LogP contribution in [-0.2, 0) is 4.79 Å². The molecule has 1 aliphatic heterocycles. The van der Waals surface area contributed by atoms with E-state index in [0.29, 0.717) is 13.1 Å². The van der Waals surface area contributed by atoms with E-state index < -0.39 is 6.04 Å². The summed E-state index contributed by atoms with van der Waals surface area (Å²) in [6.07, 6.45) is 0.484. The summed E-state index contributed by atoms with van der Waals surface area (Å²) in [6.45, 7) is 5.08. The predicted octanol–water partition coefficient (Wildman–Crippen LogP) is 1.22. The Hall–Kier alpha value is -1.39.